The van der Waals surface area contributed by atoms with Crippen LogP contribution in [0.3, 0.4) is 0 Å². The lowest BCUT2D eigenvalue weighted by Crippen LogP contribution is -2.48. The standard InChI is InChI=1S/C37H50N4O8S/c1-25-10-17-32(18-11-25)50(45,46)40(5)23-35-26(2)22-41(27(3)24-42)36(43)33-21-30(14-19-34(33)49-28(4)9-7-8-20-48-35)39-37(44)38-29-12-15-31(47-6)16-13-29/h10-19,21,26-28,35,42H,7-9,20,22-24H2,1-6H3,(H2,38,39,44)/t26-,27+,28-,35+/m0/s1. The Morgan fingerprint density at radius 2 is 1.70 bits per heavy atom. The van der Waals surface area contributed by atoms with E-state index in [1.165, 1.54) is 11.4 Å². The number of aliphatic hydroxyl groups is 1. The van der Waals surface area contributed by atoms with Gasteiger partial charge in [-0.3, -0.25) is 4.79 Å². The molecule has 1 aliphatic heterocycles. The Kier molecular flexibility index (Phi) is 13.6. The van der Waals surface area contributed by atoms with Crippen LogP contribution in [-0.2, 0) is 14.8 Å². The summed E-state index contributed by atoms with van der Waals surface area (Å²) < 4.78 is 46.1. The zero-order valence-electron chi connectivity index (χ0n) is 29.7. The summed E-state index contributed by atoms with van der Waals surface area (Å²) in [5.41, 5.74) is 2.11. The molecule has 4 rings (SSSR count). The Hall–Kier alpha value is -4.17. The van der Waals surface area contributed by atoms with Gasteiger partial charge in [0.2, 0.25) is 10.0 Å². The Balaban J connectivity index is 1.61. The molecule has 4 atom stereocenters. The predicted octanol–water partition coefficient (Wildman–Crippen LogP) is 5.76. The van der Waals surface area contributed by atoms with Crippen molar-refractivity contribution in [3.05, 3.63) is 77.9 Å². The van der Waals surface area contributed by atoms with E-state index in [1.807, 2.05) is 20.8 Å². The van der Waals surface area contributed by atoms with E-state index in [1.54, 1.807) is 85.7 Å². The van der Waals surface area contributed by atoms with Crippen molar-refractivity contribution >= 4 is 33.3 Å². The Morgan fingerprint density at radius 1 is 1.04 bits per heavy atom. The molecule has 50 heavy (non-hydrogen) atoms. The van der Waals surface area contributed by atoms with Gasteiger partial charge in [-0.15, -0.1) is 0 Å². The van der Waals surface area contributed by atoms with Crippen molar-refractivity contribution in [1.82, 2.24) is 9.21 Å². The first-order valence-corrected chi connectivity index (χ1v) is 18.4. The average molecular weight is 711 g/mol. The molecule has 0 saturated carbocycles. The molecule has 0 aliphatic carbocycles. The SMILES string of the molecule is COc1ccc(NC(=O)Nc2ccc3c(c2)C(=O)N([C@H](C)CO)C[C@H](C)[C@@H](CN(C)S(=O)(=O)c2ccc(C)cc2)OCCCC[C@H](C)O3)cc1. The maximum atomic E-state index is 14.4. The third-order valence-corrected chi connectivity index (χ3v) is 10.7. The number of aryl methyl sites for hydroxylation is 1. The molecule has 3 N–H and O–H groups in total. The molecular formula is C37H50N4O8S. The molecule has 1 aliphatic rings. The van der Waals surface area contributed by atoms with E-state index in [0.717, 1.165) is 18.4 Å². The van der Waals surface area contributed by atoms with E-state index in [9.17, 15) is 23.1 Å². The molecule has 3 amide bonds. The molecule has 0 fully saturated rings. The zero-order chi connectivity index (χ0) is 36.4. The van der Waals surface area contributed by atoms with Crippen molar-refractivity contribution < 1.29 is 37.3 Å². The number of nitrogens with zero attached hydrogens (tertiary/aromatic N) is 2. The number of amides is 3. The molecule has 12 nitrogen and oxygen atoms in total. The quantitative estimate of drug-likeness (QED) is 0.254. The predicted molar refractivity (Wildman–Crippen MR) is 194 cm³/mol. The maximum Gasteiger partial charge on any atom is 0.323 e. The van der Waals surface area contributed by atoms with Gasteiger partial charge in [0.15, 0.2) is 0 Å². The summed E-state index contributed by atoms with van der Waals surface area (Å²) in [6, 6.07) is 17.4. The summed E-state index contributed by atoms with van der Waals surface area (Å²) in [4.78, 5) is 29.0. The number of hydrogen-bond donors (Lipinski definition) is 3. The largest absolute Gasteiger partial charge is 0.497 e. The third kappa shape index (κ3) is 10.2. The van der Waals surface area contributed by atoms with Gasteiger partial charge >= 0.3 is 6.03 Å². The van der Waals surface area contributed by atoms with Gasteiger partial charge in [0.1, 0.15) is 11.5 Å². The number of nitrogens with one attached hydrogen (secondary N) is 2. The Labute approximate surface area is 295 Å². The van der Waals surface area contributed by atoms with E-state index in [0.29, 0.717) is 35.9 Å². The van der Waals surface area contributed by atoms with E-state index in [4.69, 9.17) is 14.2 Å². The number of anilines is 2. The number of carbonyl (C=O) groups is 2. The highest BCUT2D eigenvalue weighted by Crippen LogP contribution is 2.29. The lowest BCUT2D eigenvalue weighted by Gasteiger charge is -2.35. The molecule has 0 saturated heterocycles. The van der Waals surface area contributed by atoms with Crippen molar-refractivity contribution in [3.8, 4) is 11.5 Å². The first-order valence-electron chi connectivity index (χ1n) is 16.9. The number of fused-ring (bicyclic) bond motifs is 1. The summed E-state index contributed by atoms with van der Waals surface area (Å²) in [5.74, 6) is 0.283. The van der Waals surface area contributed by atoms with Crippen molar-refractivity contribution in [2.75, 3.05) is 51.1 Å². The minimum atomic E-state index is -3.80. The van der Waals surface area contributed by atoms with Gasteiger partial charge in [-0.25, -0.2) is 13.2 Å². The summed E-state index contributed by atoms with van der Waals surface area (Å²) in [5, 5.41) is 15.8. The summed E-state index contributed by atoms with van der Waals surface area (Å²) in [7, 11) is -0.706. The first kappa shape index (κ1) is 38.6. The van der Waals surface area contributed by atoms with Crippen LogP contribution in [0.25, 0.3) is 0 Å². The van der Waals surface area contributed by atoms with Gasteiger partial charge in [0.25, 0.3) is 5.91 Å². The second-order valence-electron chi connectivity index (χ2n) is 12.9. The van der Waals surface area contributed by atoms with Crippen LogP contribution in [-0.4, -0.2) is 93.4 Å². The number of hydrogen-bond acceptors (Lipinski definition) is 8. The number of ether oxygens (including phenoxy) is 3. The summed E-state index contributed by atoms with van der Waals surface area (Å²) in [6.45, 7) is 7.82. The van der Waals surface area contributed by atoms with Crippen molar-refractivity contribution in [2.24, 2.45) is 5.92 Å². The van der Waals surface area contributed by atoms with Crippen molar-refractivity contribution in [2.45, 2.75) is 70.1 Å². The summed E-state index contributed by atoms with van der Waals surface area (Å²) >= 11 is 0. The Bertz CT molecular complexity index is 1680. The Morgan fingerprint density at radius 3 is 2.36 bits per heavy atom. The number of benzene rings is 3. The zero-order valence-corrected chi connectivity index (χ0v) is 30.5. The molecule has 13 heteroatoms. The van der Waals surface area contributed by atoms with Gasteiger partial charge in [0, 0.05) is 44.0 Å². The molecule has 272 valence electrons. The first-order chi connectivity index (χ1) is 23.8. The van der Waals surface area contributed by atoms with Crippen LogP contribution in [0.1, 0.15) is 56.0 Å². The highest BCUT2D eigenvalue weighted by atomic mass is 32.2. The number of urea groups is 1. The summed E-state index contributed by atoms with van der Waals surface area (Å²) in [6.07, 6.45) is 1.44. The van der Waals surface area contributed by atoms with Crippen LogP contribution < -0.4 is 20.1 Å². The van der Waals surface area contributed by atoms with Crippen molar-refractivity contribution in [3.63, 3.8) is 0 Å². The average Bonchev–Trinajstić information content (AvgIpc) is 3.09. The second-order valence-corrected chi connectivity index (χ2v) is 15.0. The highest BCUT2D eigenvalue weighted by molar-refractivity contribution is 7.89. The van der Waals surface area contributed by atoms with E-state index in [-0.39, 0.29) is 42.2 Å². The number of methoxy groups -OCH3 is 1. The minimum absolute atomic E-state index is 0.0698. The van der Waals surface area contributed by atoms with Gasteiger partial charge in [-0.05, 0) is 94.6 Å². The molecule has 3 aromatic carbocycles. The van der Waals surface area contributed by atoms with E-state index < -0.39 is 34.1 Å². The van der Waals surface area contributed by atoms with Gasteiger partial charge in [-0.1, -0.05) is 24.6 Å². The number of sulfonamides is 1. The normalized spacial score (nSPS) is 19.9. The number of carbonyl (C=O) groups excluding carboxylic acids is 2. The topological polar surface area (TPSA) is 147 Å². The van der Waals surface area contributed by atoms with Crippen LogP contribution in [0.4, 0.5) is 16.2 Å². The molecule has 0 spiro atoms. The number of rotatable bonds is 9. The number of likely N-dealkylation sites (N-methyl/N-ethyl adjacent to an activating group) is 1. The van der Waals surface area contributed by atoms with Gasteiger partial charge in [-0.2, -0.15) is 4.31 Å². The van der Waals surface area contributed by atoms with Gasteiger partial charge < -0.3 is 34.9 Å². The van der Waals surface area contributed by atoms with E-state index >= 15 is 0 Å². The monoisotopic (exact) mass is 710 g/mol. The molecule has 0 unspecified atom stereocenters. The fourth-order valence-corrected chi connectivity index (χ4v) is 6.86. The van der Waals surface area contributed by atoms with Crippen LogP contribution in [0, 0.1) is 12.8 Å². The number of aliphatic hydroxyl groups excluding tert-OH is 1. The molecule has 1 heterocycles. The maximum absolute atomic E-state index is 14.4. The van der Waals surface area contributed by atoms with Crippen LogP contribution in [0.15, 0.2) is 71.6 Å². The molecule has 0 aromatic heterocycles. The minimum Gasteiger partial charge on any atom is -0.497 e. The molecule has 0 bridgehead atoms. The lowest BCUT2D eigenvalue weighted by molar-refractivity contribution is -0.00833. The fourth-order valence-electron chi connectivity index (χ4n) is 5.67. The lowest BCUT2D eigenvalue weighted by atomic mass is 10.0. The third-order valence-electron chi connectivity index (χ3n) is 8.82. The molecular weight excluding hydrogens is 660 g/mol. The molecule has 0 radical (unpaired) electrons. The van der Waals surface area contributed by atoms with Crippen molar-refractivity contribution in [1.29, 1.82) is 0 Å². The van der Waals surface area contributed by atoms with Crippen LogP contribution in [0.5, 0.6) is 11.5 Å². The van der Waals surface area contributed by atoms with E-state index in [2.05, 4.69) is 10.6 Å². The fraction of sp³-hybridized carbons (Fsp3) is 0.459. The van der Waals surface area contributed by atoms with Crippen LogP contribution in [0.2, 0.25) is 0 Å². The van der Waals surface area contributed by atoms with Crippen LogP contribution >= 0.6 is 0 Å². The molecule has 3 aromatic rings. The highest BCUT2D eigenvalue weighted by Gasteiger charge is 2.32. The smallest absolute Gasteiger partial charge is 0.323 e. The second kappa shape index (κ2) is 17.7. The van der Waals surface area contributed by atoms with Gasteiger partial charge in [0.05, 0.1) is 42.4 Å².